The van der Waals surface area contributed by atoms with Gasteiger partial charge in [0.1, 0.15) is 19.0 Å². The van der Waals surface area contributed by atoms with Gasteiger partial charge >= 0.3 is 0 Å². The molecule has 2 heterocycles. The van der Waals surface area contributed by atoms with Crippen LogP contribution in [0.25, 0.3) is 0 Å². The zero-order valence-corrected chi connectivity index (χ0v) is 19.6. The number of nitrogens with zero attached hydrogens (tertiary/aromatic N) is 2. The summed E-state index contributed by atoms with van der Waals surface area (Å²) in [6, 6.07) is 10.3. The van der Waals surface area contributed by atoms with Crippen LogP contribution < -0.4 is 14.2 Å². The Hall–Kier alpha value is -2.83. The summed E-state index contributed by atoms with van der Waals surface area (Å²) >= 11 is 0. The summed E-state index contributed by atoms with van der Waals surface area (Å²) in [5.74, 6) is 1.01. The zero-order valence-electron chi connectivity index (χ0n) is 18.0. The van der Waals surface area contributed by atoms with Crippen LogP contribution in [0.5, 0.6) is 17.2 Å². The van der Waals surface area contributed by atoms with Gasteiger partial charge in [-0.3, -0.25) is 4.79 Å². The number of rotatable bonds is 6. The van der Waals surface area contributed by atoms with Crippen molar-refractivity contribution in [1.29, 1.82) is 0 Å². The number of hydrogen-bond acceptors (Lipinski definition) is 8. The normalized spacial score (nSPS) is 16.9. The van der Waals surface area contributed by atoms with Crippen LogP contribution in [0.15, 0.2) is 52.3 Å². The van der Waals surface area contributed by atoms with Gasteiger partial charge in [0.05, 0.1) is 9.79 Å². The number of benzene rings is 2. The minimum Gasteiger partial charge on any atom is -0.486 e. The van der Waals surface area contributed by atoms with E-state index in [1.165, 1.54) is 40.7 Å². The van der Waals surface area contributed by atoms with E-state index in [1.807, 2.05) is 0 Å². The molecule has 0 aromatic heterocycles. The second kappa shape index (κ2) is 9.20. The monoisotopic (exact) mass is 496 g/mol. The van der Waals surface area contributed by atoms with Gasteiger partial charge in [-0.25, -0.2) is 16.8 Å². The van der Waals surface area contributed by atoms with E-state index in [4.69, 9.17) is 14.2 Å². The molecule has 0 spiro atoms. The molecule has 0 aliphatic carbocycles. The van der Waals surface area contributed by atoms with Crippen molar-refractivity contribution in [3.8, 4) is 17.2 Å². The molecule has 1 saturated heterocycles. The number of sulfone groups is 1. The van der Waals surface area contributed by atoms with Gasteiger partial charge in [-0.05, 0) is 36.4 Å². The number of fused-ring (bicyclic) bond motifs is 1. The van der Waals surface area contributed by atoms with Crippen LogP contribution in [0.3, 0.4) is 0 Å². The highest BCUT2D eigenvalue weighted by molar-refractivity contribution is 7.90. The number of carbonyl (C=O) groups is 1. The first kappa shape index (κ1) is 23.3. The lowest BCUT2D eigenvalue weighted by atomic mass is 10.3. The first-order chi connectivity index (χ1) is 15.6. The van der Waals surface area contributed by atoms with E-state index in [0.29, 0.717) is 30.5 Å². The van der Waals surface area contributed by atoms with E-state index in [0.717, 1.165) is 6.26 Å². The van der Waals surface area contributed by atoms with Gasteiger partial charge < -0.3 is 19.1 Å². The lowest BCUT2D eigenvalue weighted by Gasteiger charge is -2.34. The molecular weight excluding hydrogens is 472 g/mol. The Morgan fingerprint density at radius 3 is 2.12 bits per heavy atom. The molecule has 1 fully saturated rings. The minimum atomic E-state index is -3.74. The van der Waals surface area contributed by atoms with Crippen LogP contribution in [0.2, 0.25) is 0 Å². The van der Waals surface area contributed by atoms with Gasteiger partial charge in [0.25, 0.3) is 5.91 Å². The third-order valence-corrected chi connectivity index (χ3v) is 8.38. The lowest BCUT2D eigenvalue weighted by molar-refractivity contribution is -0.134. The molecule has 2 aromatic carbocycles. The molecule has 0 unspecified atom stereocenters. The van der Waals surface area contributed by atoms with E-state index < -0.39 is 19.9 Å². The number of sulfonamides is 1. The van der Waals surface area contributed by atoms with E-state index in [2.05, 4.69) is 0 Å². The fraction of sp³-hybridized carbons (Fsp3) is 0.381. The molecule has 2 aliphatic rings. The lowest BCUT2D eigenvalue weighted by Crippen LogP contribution is -2.51. The van der Waals surface area contributed by atoms with E-state index in [-0.39, 0.29) is 48.5 Å². The van der Waals surface area contributed by atoms with Crippen molar-refractivity contribution in [1.82, 2.24) is 9.21 Å². The van der Waals surface area contributed by atoms with Crippen molar-refractivity contribution in [2.45, 2.75) is 9.79 Å². The number of ether oxygens (including phenoxy) is 3. The zero-order chi connectivity index (χ0) is 23.6. The predicted molar refractivity (Wildman–Crippen MR) is 118 cm³/mol. The average Bonchev–Trinajstić information content (AvgIpc) is 2.82. The molecule has 33 heavy (non-hydrogen) atoms. The summed E-state index contributed by atoms with van der Waals surface area (Å²) in [7, 11) is -7.04. The van der Waals surface area contributed by atoms with E-state index in [1.54, 1.807) is 11.0 Å². The first-order valence-electron chi connectivity index (χ1n) is 10.2. The van der Waals surface area contributed by atoms with Gasteiger partial charge in [0.2, 0.25) is 10.0 Å². The Kier molecular flexibility index (Phi) is 6.50. The van der Waals surface area contributed by atoms with Gasteiger partial charge in [-0.1, -0.05) is 0 Å². The van der Waals surface area contributed by atoms with Gasteiger partial charge in [0.15, 0.2) is 27.9 Å². The summed E-state index contributed by atoms with van der Waals surface area (Å²) in [6.45, 7) is 1.34. The molecule has 0 N–H and O–H groups in total. The maximum absolute atomic E-state index is 13.0. The average molecular weight is 497 g/mol. The Morgan fingerprint density at radius 2 is 1.48 bits per heavy atom. The van der Waals surface area contributed by atoms with Crippen molar-refractivity contribution >= 4 is 25.8 Å². The van der Waals surface area contributed by atoms with Crippen molar-refractivity contribution in [3.63, 3.8) is 0 Å². The molecule has 178 valence electrons. The number of amides is 1. The van der Waals surface area contributed by atoms with E-state index >= 15 is 0 Å². The van der Waals surface area contributed by atoms with Crippen molar-refractivity contribution in [2.24, 2.45) is 0 Å². The largest absolute Gasteiger partial charge is 0.486 e. The molecule has 4 rings (SSSR count). The van der Waals surface area contributed by atoms with Gasteiger partial charge in [-0.15, -0.1) is 0 Å². The molecule has 0 bridgehead atoms. The summed E-state index contributed by atoms with van der Waals surface area (Å²) < 4.78 is 66.8. The van der Waals surface area contributed by atoms with Crippen LogP contribution in [0.1, 0.15) is 0 Å². The Labute approximate surface area is 192 Å². The van der Waals surface area contributed by atoms with Crippen LogP contribution in [-0.2, 0) is 24.7 Å². The molecule has 2 aliphatic heterocycles. The Bertz CT molecular complexity index is 1240. The molecule has 1 amide bonds. The van der Waals surface area contributed by atoms with E-state index in [9.17, 15) is 21.6 Å². The highest BCUT2D eigenvalue weighted by Gasteiger charge is 2.31. The summed E-state index contributed by atoms with van der Waals surface area (Å²) in [6.07, 6.45) is 1.11. The Morgan fingerprint density at radius 1 is 0.879 bits per heavy atom. The highest BCUT2D eigenvalue weighted by Crippen LogP contribution is 2.33. The molecule has 0 saturated carbocycles. The van der Waals surface area contributed by atoms with Crippen LogP contribution >= 0.6 is 0 Å². The molecule has 0 radical (unpaired) electrons. The molecule has 12 heteroatoms. The third-order valence-electron chi connectivity index (χ3n) is 5.36. The smallest absolute Gasteiger partial charge is 0.260 e. The summed E-state index contributed by atoms with van der Waals surface area (Å²) in [5, 5.41) is 0. The maximum atomic E-state index is 13.0. The predicted octanol–water partition coefficient (Wildman–Crippen LogP) is 0.773. The first-order valence-corrected chi connectivity index (χ1v) is 13.6. The molecule has 10 nitrogen and oxygen atoms in total. The van der Waals surface area contributed by atoms with Crippen LogP contribution in [0, 0.1) is 0 Å². The second-order valence-corrected chi connectivity index (χ2v) is 11.6. The Balaban J connectivity index is 1.32. The third kappa shape index (κ3) is 5.23. The standard InChI is InChI=1S/C21H24N2O8S2/c1-32(25,26)17-4-2-16(3-5-17)31-15-21(24)22-8-10-23(11-9-22)33(27,28)18-6-7-19-20(14-18)30-13-12-29-19/h2-7,14H,8-13,15H2,1H3. The molecular formula is C21H24N2O8S2. The van der Waals surface area contributed by atoms with Crippen molar-refractivity contribution in [2.75, 3.05) is 52.3 Å². The fourth-order valence-electron chi connectivity index (χ4n) is 3.53. The number of piperazine rings is 1. The van der Waals surface area contributed by atoms with Crippen LogP contribution in [-0.4, -0.2) is 84.2 Å². The maximum Gasteiger partial charge on any atom is 0.260 e. The second-order valence-electron chi connectivity index (χ2n) is 7.62. The van der Waals surface area contributed by atoms with Crippen molar-refractivity contribution < 1.29 is 35.8 Å². The van der Waals surface area contributed by atoms with Crippen molar-refractivity contribution in [3.05, 3.63) is 42.5 Å². The molecule has 0 atom stereocenters. The SMILES string of the molecule is CS(=O)(=O)c1ccc(OCC(=O)N2CCN(S(=O)(=O)c3ccc4c(c3)OCCO4)CC2)cc1. The number of carbonyl (C=O) groups excluding carboxylic acids is 1. The van der Waals surface area contributed by atoms with Crippen LogP contribution in [0.4, 0.5) is 0 Å². The topological polar surface area (TPSA) is 120 Å². The van der Waals surface area contributed by atoms with Gasteiger partial charge in [0, 0.05) is 38.5 Å². The highest BCUT2D eigenvalue weighted by atomic mass is 32.2. The molecule has 2 aromatic rings. The fourth-order valence-corrected chi connectivity index (χ4v) is 5.60. The number of hydrogen-bond donors (Lipinski definition) is 0. The van der Waals surface area contributed by atoms with Gasteiger partial charge in [-0.2, -0.15) is 4.31 Å². The summed E-state index contributed by atoms with van der Waals surface area (Å²) in [5.41, 5.74) is 0. The summed E-state index contributed by atoms with van der Waals surface area (Å²) in [4.78, 5) is 14.3. The quantitative estimate of drug-likeness (QED) is 0.575. The minimum absolute atomic E-state index is 0.118.